The lowest BCUT2D eigenvalue weighted by Crippen LogP contribution is -2.03. The summed E-state index contributed by atoms with van der Waals surface area (Å²) in [6.07, 6.45) is 1.62. The van der Waals surface area contributed by atoms with Gasteiger partial charge >= 0.3 is 0 Å². The Morgan fingerprint density at radius 1 is 1.38 bits per heavy atom. The lowest BCUT2D eigenvalue weighted by atomic mass is 10.1. The summed E-state index contributed by atoms with van der Waals surface area (Å²) in [4.78, 5) is 0. The monoisotopic (exact) mass is 261 g/mol. The molecular weight excluding hydrogens is 250 g/mol. The normalized spacial score (nSPS) is 12.6. The van der Waals surface area contributed by atoms with E-state index < -0.39 is 11.0 Å². The largest absolute Gasteiger partial charge is 0.304 e. The topological polar surface area (TPSA) is 29.1 Å². The predicted octanol–water partition coefficient (Wildman–Crippen LogP) is 2.77. The highest BCUT2D eigenvalue weighted by atomic mass is 79.9. The van der Waals surface area contributed by atoms with Crippen molar-refractivity contribution >= 4 is 32.6 Å². The highest BCUT2D eigenvalue weighted by Crippen LogP contribution is 2.27. The maximum absolute atomic E-state index is 11.0. The van der Waals surface area contributed by atoms with Crippen LogP contribution in [0.1, 0.15) is 11.1 Å². The van der Waals surface area contributed by atoms with Crippen LogP contribution in [0.2, 0.25) is 0 Å². The minimum absolute atomic E-state index is 0.909. The zero-order valence-electron chi connectivity index (χ0n) is 7.85. The van der Waals surface area contributed by atoms with Gasteiger partial charge in [-0.2, -0.15) is 0 Å². The van der Waals surface area contributed by atoms with E-state index in [-0.39, 0.29) is 0 Å². The van der Waals surface area contributed by atoms with Crippen molar-refractivity contribution < 1.29 is 4.21 Å². The second-order valence-corrected chi connectivity index (χ2v) is 4.96. The summed E-state index contributed by atoms with van der Waals surface area (Å²) >= 11 is 3.43. The van der Waals surface area contributed by atoms with E-state index in [1.54, 1.807) is 6.26 Å². The van der Waals surface area contributed by atoms with Gasteiger partial charge in [0.1, 0.15) is 11.0 Å². The standard InChI is InChI=1S/C9H12BrNOS/c1-6-4-7(2)9(8(10)5-6)11-13(3)12/h4-5,11H,1-3H3. The van der Waals surface area contributed by atoms with Crippen molar-refractivity contribution in [1.82, 2.24) is 0 Å². The maximum atomic E-state index is 11.0. The number of anilines is 1. The van der Waals surface area contributed by atoms with Gasteiger partial charge < -0.3 is 4.72 Å². The summed E-state index contributed by atoms with van der Waals surface area (Å²) in [5.74, 6) is 0. The molecule has 1 unspecified atom stereocenters. The Hall–Kier alpha value is -0.350. The van der Waals surface area contributed by atoms with Crippen LogP contribution in [0.3, 0.4) is 0 Å². The van der Waals surface area contributed by atoms with Crippen molar-refractivity contribution in [3.63, 3.8) is 0 Å². The quantitative estimate of drug-likeness (QED) is 0.872. The SMILES string of the molecule is Cc1cc(C)c(NS(C)=O)c(Br)c1. The summed E-state index contributed by atoms with van der Waals surface area (Å²) in [7, 11) is -1.02. The smallest absolute Gasteiger partial charge is 0.113 e. The van der Waals surface area contributed by atoms with Crippen molar-refractivity contribution in [1.29, 1.82) is 0 Å². The van der Waals surface area contributed by atoms with Gasteiger partial charge in [-0.25, -0.2) is 4.21 Å². The summed E-state index contributed by atoms with van der Waals surface area (Å²) < 4.78 is 14.8. The van der Waals surface area contributed by atoms with Gasteiger partial charge in [-0.05, 0) is 47.0 Å². The Labute approximate surface area is 89.5 Å². The third-order valence-electron chi connectivity index (χ3n) is 1.68. The Bertz CT molecular complexity index is 328. The van der Waals surface area contributed by atoms with E-state index in [0.29, 0.717) is 0 Å². The molecule has 0 aromatic heterocycles. The molecule has 2 nitrogen and oxygen atoms in total. The molecule has 0 saturated carbocycles. The molecule has 0 aliphatic heterocycles. The number of halogens is 1. The number of aryl methyl sites for hydroxylation is 2. The van der Waals surface area contributed by atoms with Crippen LogP contribution in [0.15, 0.2) is 16.6 Å². The minimum atomic E-state index is -1.02. The minimum Gasteiger partial charge on any atom is -0.304 e. The Morgan fingerprint density at radius 3 is 2.46 bits per heavy atom. The first-order valence-electron chi connectivity index (χ1n) is 3.87. The van der Waals surface area contributed by atoms with Crippen LogP contribution in [-0.4, -0.2) is 10.5 Å². The average Bonchev–Trinajstić information content (AvgIpc) is 1.96. The Kier molecular flexibility index (Phi) is 3.50. The number of benzene rings is 1. The molecule has 1 rings (SSSR count). The van der Waals surface area contributed by atoms with Crippen LogP contribution < -0.4 is 4.72 Å². The van der Waals surface area contributed by atoms with Crippen LogP contribution in [-0.2, 0) is 11.0 Å². The highest BCUT2D eigenvalue weighted by Gasteiger charge is 2.04. The predicted molar refractivity (Wildman–Crippen MR) is 61.3 cm³/mol. The van der Waals surface area contributed by atoms with Crippen LogP contribution in [0, 0.1) is 13.8 Å². The Balaban J connectivity index is 3.13. The summed E-state index contributed by atoms with van der Waals surface area (Å²) in [5.41, 5.74) is 3.20. The number of hydrogen-bond donors (Lipinski definition) is 1. The van der Waals surface area contributed by atoms with E-state index in [4.69, 9.17) is 0 Å². The van der Waals surface area contributed by atoms with Crippen molar-refractivity contribution in [3.8, 4) is 0 Å². The fourth-order valence-corrected chi connectivity index (χ4v) is 2.65. The van der Waals surface area contributed by atoms with Gasteiger partial charge in [0.05, 0.1) is 5.69 Å². The molecule has 0 aliphatic carbocycles. The van der Waals surface area contributed by atoms with Gasteiger partial charge in [-0.3, -0.25) is 0 Å². The molecule has 0 heterocycles. The highest BCUT2D eigenvalue weighted by molar-refractivity contribution is 9.10. The average molecular weight is 262 g/mol. The molecule has 13 heavy (non-hydrogen) atoms. The Morgan fingerprint density at radius 2 is 2.00 bits per heavy atom. The summed E-state index contributed by atoms with van der Waals surface area (Å²) in [6.45, 7) is 4.03. The molecule has 0 amide bonds. The molecular formula is C9H12BrNOS. The van der Waals surface area contributed by atoms with Gasteiger partial charge in [0.25, 0.3) is 0 Å². The summed E-state index contributed by atoms with van der Waals surface area (Å²) in [5, 5.41) is 0. The van der Waals surface area contributed by atoms with E-state index in [1.807, 2.05) is 19.9 Å². The lowest BCUT2D eigenvalue weighted by molar-refractivity contribution is 0.690. The molecule has 0 saturated heterocycles. The van der Waals surface area contributed by atoms with Gasteiger partial charge in [-0.1, -0.05) is 6.07 Å². The maximum Gasteiger partial charge on any atom is 0.113 e. The first-order valence-corrected chi connectivity index (χ1v) is 6.22. The second-order valence-electron chi connectivity index (χ2n) is 2.99. The van der Waals surface area contributed by atoms with Crippen molar-refractivity contribution in [2.75, 3.05) is 11.0 Å². The molecule has 0 radical (unpaired) electrons. The van der Waals surface area contributed by atoms with E-state index in [1.165, 1.54) is 5.56 Å². The van der Waals surface area contributed by atoms with Crippen LogP contribution >= 0.6 is 15.9 Å². The van der Waals surface area contributed by atoms with Gasteiger partial charge in [0.15, 0.2) is 0 Å². The molecule has 1 aromatic carbocycles. The van der Waals surface area contributed by atoms with Gasteiger partial charge in [0, 0.05) is 10.7 Å². The first kappa shape index (κ1) is 10.7. The van der Waals surface area contributed by atoms with E-state index in [0.717, 1.165) is 15.7 Å². The molecule has 0 bridgehead atoms. The van der Waals surface area contributed by atoms with Gasteiger partial charge in [0.2, 0.25) is 0 Å². The van der Waals surface area contributed by atoms with Crippen LogP contribution in [0.5, 0.6) is 0 Å². The third-order valence-corrected chi connectivity index (χ3v) is 2.79. The zero-order valence-corrected chi connectivity index (χ0v) is 10.3. The van der Waals surface area contributed by atoms with E-state index in [9.17, 15) is 4.21 Å². The van der Waals surface area contributed by atoms with E-state index >= 15 is 0 Å². The van der Waals surface area contributed by atoms with Crippen molar-refractivity contribution in [2.45, 2.75) is 13.8 Å². The lowest BCUT2D eigenvalue weighted by Gasteiger charge is -2.09. The number of rotatable bonds is 2. The third kappa shape index (κ3) is 2.81. The molecule has 72 valence electrons. The zero-order chi connectivity index (χ0) is 10.0. The van der Waals surface area contributed by atoms with Crippen LogP contribution in [0.25, 0.3) is 0 Å². The summed E-state index contributed by atoms with van der Waals surface area (Å²) in [6, 6.07) is 4.06. The first-order chi connectivity index (χ1) is 6.00. The molecule has 0 spiro atoms. The molecule has 0 aliphatic rings. The van der Waals surface area contributed by atoms with Gasteiger partial charge in [-0.15, -0.1) is 0 Å². The number of nitrogens with one attached hydrogen (secondary N) is 1. The molecule has 0 fully saturated rings. The fraction of sp³-hybridized carbons (Fsp3) is 0.333. The second kappa shape index (κ2) is 4.24. The molecule has 4 heteroatoms. The molecule has 1 atom stereocenters. The van der Waals surface area contributed by atoms with E-state index in [2.05, 4.69) is 26.7 Å². The molecule has 1 N–H and O–H groups in total. The fourth-order valence-electron chi connectivity index (χ4n) is 1.19. The van der Waals surface area contributed by atoms with Crippen LogP contribution in [0.4, 0.5) is 5.69 Å². The number of hydrogen-bond acceptors (Lipinski definition) is 1. The van der Waals surface area contributed by atoms with Crippen molar-refractivity contribution in [3.05, 3.63) is 27.7 Å². The molecule has 1 aromatic rings. The van der Waals surface area contributed by atoms with Crippen molar-refractivity contribution in [2.24, 2.45) is 0 Å².